The minimum atomic E-state index is -4.20. The minimum Gasteiger partial charge on any atom is -0.328 e. The summed E-state index contributed by atoms with van der Waals surface area (Å²) in [7, 11) is 1.45. The molecule has 2 nitrogen and oxygen atoms in total. The standard InChI is InChI=1S/C6H5F3N2/c1-11-4-10-3-5(11)2-6(7,8)9/h2H2,1H3. The zero-order valence-electron chi connectivity index (χ0n) is 5.74. The Bertz CT molecular complexity index is 238. The van der Waals surface area contributed by atoms with Gasteiger partial charge in [0.15, 0.2) is 6.33 Å². The molecular weight excluding hydrogens is 157 g/mol. The molecule has 60 valence electrons. The normalized spacial score (nSPS) is 12.0. The molecule has 0 N–H and O–H groups in total. The molecular formula is C6H5F3N2. The highest BCUT2D eigenvalue weighted by molar-refractivity contribution is 4.96. The summed E-state index contributed by atoms with van der Waals surface area (Å²) in [5, 5.41) is 0. The van der Waals surface area contributed by atoms with Gasteiger partial charge in [-0.15, -0.1) is 0 Å². The van der Waals surface area contributed by atoms with Gasteiger partial charge >= 0.3 is 6.18 Å². The fourth-order valence-electron chi connectivity index (χ4n) is 0.648. The van der Waals surface area contributed by atoms with Crippen LogP contribution in [0.25, 0.3) is 0 Å². The Labute approximate surface area is 61.7 Å². The van der Waals surface area contributed by atoms with E-state index in [9.17, 15) is 13.2 Å². The van der Waals surface area contributed by atoms with Gasteiger partial charge < -0.3 is 4.57 Å². The number of halogens is 3. The van der Waals surface area contributed by atoms with Crippen LogP contribution in [0.15, 0.2) is 0 Å². The molecule has 1 heterocycles. The highest BCUT2D eigenvalue weighted by atomic mass is 19.4. The van der Waals surface area contributed by atoms with Gasteiger partial charge in [-0.2, -0.15) is 13.2 Å². The summed E-state index contributed by atoms with van der Waals surface area (Å²) in [5.74, 6) is 0. The van der Waals surface area contributed by atoms with E-state index < -0.39 is 12.6 Å². The van der Waals surface area contributed by atoms with E-state index in [4.69, 9.17) is 0 Å². The fourth-order valence-corrected chi connectivity index (χ4v) is 0.648. The number of hydrogen-bond donors (Lipinski definition) is 0. The third kappa shape index (κ3) is 2.25. The van der Waals surface area contributed by atoms with Crippen LogP contribution in [0.4, 0.5) is 13.2 Å². The van der Waals surface area contributed by atoms with Crippen LogP contribution in [-0.2, 0) is 13.5 Å². The number of nitrogens with zero attached hydrogens (tertiary/aromatic N) is 2. The van der Waals surface area contributed by atoms with Crippen LogP contribution in [0, 0.1) is 12.5 Å². The van der Waals surface area contributed by atoms with Gasteiger partial charge in [0.25, 0.3) is 0 Å². The van der Waals surface area contributed by atoms with E-state index >= 15 is 0 Å². The van der Waals surface area contributed by atoms with Crippen molar-refractivity contribution in [3.05, 3.63) is 18.2 Å². The van der Waals surface area contributed by atoms with Crippen molar-refractivity contribution in [3.8, 4) is 0 Å². The lowest BCUT2D eigenvalue weighted by molar-refractivity contribution is -0.128. The van der Waals surface area contributed by atoms with Crippen molar-refractivity contribution >= 4 is 0 Å². The SMILES string of the molecule is Cn1[c]n[c]c1CC(F)(F)F. The largest absolute Gasteiger partial charge is 0.394 e. The van der Waals surface area contributed by atoms with Gasteiger partial charge in [0.05, 0.1) is 12.1 Å². The van der Waals surface area contributed by atoms with Crippen LogP contribution in [0.2, 0.25) is 0 Å². The molecule has 11 heavy (non-hydrogen) atoms. The second kappa shape index (κ2) is 2.56. The number of aromatic nitrogens is 2. The molecule has 0 amide bonds. The zero-order chi connectivity index (χ0) is 8.48. The van der Waals surface area contributed by atoms with Crippen molar-refractivity contribution in [1.29, 1.82) is 0 Å². The van der Waals surface area contributed by atoms with Crippen LogP contribution in [-0.4, -0.2) is 15.7 Å². The second-order valence-electron chi connectivity index (χ2n) is 2.12. The molecule has 0 aliphatic heterocycles. The van der Waals surface area contributed by atoms with Gasteiger partial charge in [0.1, 0.15) is 6.20 Å². The van der Waals surface area contributed by atoms with Crippen molar-refractivity contribution in [2.45, 2.75) is 12.6 Å². The summed E-state index contributed by atoms with van der Waals surface area (Å²) in [4.78, 5) is 3.32. The molecule has 0 saturated heterocycles. The van der Waals surface area contributed by atoms with Gasteiger partial charge in [-0.1, -0.05) is 0 Å². The molecule has 0 aromatic carbocycles. The van der Waals surface area contributed by atoms with E-state index in [1.165, 1.54) is 11.6 Å². The first-order valence-corrected chi connectivity index (χ1v) is 2.87. The first-order valence-electron chi connectivity index (χ1n) is 2.87. The topological polar surface area (TPSA) is 17.8 Å². The summed E-state index contributed by atoms with van der Waals surface area (Å²) >= 11 is 0. The van der Waals surface area contributed by atoms with Crippen LogP contribution >= 0.6 is 0 Å². The molecule has 0 fully saturated rings. The maximum atomic E-state index is 11.7. The summed E-state index contributed by atoms with van der Waals surface area (Å²) in [6.07, 6.45) is -0.695. The Balaban J connectivity index is 2.72. The monoisotopic (exact) mass is 162 g/mol. The number of aryl methyl sites for hydroxylation is 1. The van der Waals surface area contributed by atoms with E-state index in [-0.39, 0.29) is 5.69 Å². The molecule has 5 heteroatoms. The maximum absolute atomic E-state index is 11.7. The zero-order valence-corrected chi connectivity index (χ0v) is 5.74. The van der Waals surface area contributed by atoms with E-state index in [0.717, 1.165) is 0 Å². The van der Waals surface area contributed by atoms with Crippen molar-refractivity contribution < 1.29 is 13.2 Å². The molecule has 0 spiro atoms. The van der Waals surface area contributed by atoms with Crippen molar-refractivity contribution in [3.63, 3.8) is 0 Å². The van der Waals surface area contributed by atoms with E-state index in [1.54, 1.807) is 0 Å². The van der Waals surface area contributed by atoms with E-state index in [0.29, 0.717) is 0 Å². The van der Waals surface area contributed by atoms with Gasteiger partial charge in [-0.3, -0.25) is 0 Å². The predicted octanol–water partition coefficient (Wildman–Crippen LogP) is 1.13. The maximum Gasteiger partial charge on any atom is 0.394 e. The van der Waals surface area contributed by atoms with Gasteiger partial charge in [0.2, 0.25) is 0 Å². The lowest BCUT2D eigenvalue weighted by atomic mass is 10.3. The third-order valence-corrected chi connectivity index (χ3v) is 1.16. The fraction of sp³-hybridized carbons (Fsp3) is 0.500. The molecule has 0 saturated carbocycles. The quantitative estimate of drug-likeness (QED) is 0.605. The summed E-state index contributed by atoms with van der Waals surface area (Å²) in [5.41, 5.74) is -0.00231. The third-order valence-electron chi connectivity index (χ3n) is 1.16. The molecule has 1 aromatic rings. The highest BCUT2D eigenvalue weighted by Crippen LogP contribution is 2.19. The van der Waals surface area contributed by atoms with Crippen LogP contribution in [0.5, 0.6) is 0 Å². The van der Waals surface area contributed by atoms with E-state index in [1.807, 2.05) is 0 Å². The number of alkyl halides is 3. The molecule has 0 aliphatic carbocycles. The number of rotatable bonds is 1. The molecule has 1 aromatic heterocycles. The Kier molecular flexibility index (Phi) is 1.89. The molecule has 0 atom stereocenters. The smallest absolute Gasteiger partial charge is 0.328 e. The van der Waals surface area contributed by atoms with Gasteiger partial charge in [-0.25, -0.2) is 4.98 Å². The Morgan fingerprint density at radius 2 is 2.18 bits per heavy atom. The molecule has 0 bridgehead atoms. The van der Waals surface area contributed by atoms with Gasteiger partial charge in [0, 0.05) is 7.05 Å². The summed E-state index contributed by atoms with van der Waals surface area (Å²) < 4.78 is 36.3. The number of imidazole rings is 1. The average Bonchev–Trinajstić information content (AvgIpc) is 2.12. The summed E-state index contributed by atoms with van der Waals surface area (Å²) in [6.45, 7) is 0. The molecule has 0 unspecified atom stereocenters. The highest BCUT2D eigenvalue weighted by Gasteiger charge is 2.29. The Hall–Kier alpha value is -1.00. The van der Waals surface area contributed by atoms with Crippen molar-refractivity contribution in [2.75, 3.05) is 0 Å². The van der Waals surface area contributed by atoms with E-state index in [2.05, 4.69) is 17.5 Å². The summed E-state index contributed by atoms with van der Waals surface area (Å²) in [6, 6.07) is 0. The number of hydrogen-bond acceptors (Lipinski definition) is 1. The lowest BCUT2D eigenvalue weighted by Crippen LogP contribution is -2.13. The first kappa shape index (κ1) is 8.10. The molecule has 2 radical (unpaired) electrons. The molecule has 0 aliphatic rings. The van der Waals surface area contributed by atoms with Crippen LogP contribution in [0.1, 0.15) is 5.69 Å². The van der Waals surface area contributed by atoms with Crippen LogP contribution < -0.4 is 0 Å². The molecule has 1 rings (SSSR count). The first-order chi connectivity index (χ1) is 4.99. The van der Waals surface area contributed by atoms with Crippen LogP contribution in [0.3, 0.4) is 0 Å². The second-order valence-corrected chi connectivity index (χ2v) is 2.12. The lowest BCUT2D eigenvalue weighted by Gasteiger charge is -2.04. The van der Waals surface area contributed by atoms with Crippen molar-refractivity contribution in [2.24, 2.45) is 7.05 Å². The van der Waals surface area contributed by atoms with Gasteiger partial charge in [-0.05, 0) is 0 Å². The van der Waals surface area contributed by atoms with Crippen molar-refractivity contribution in [1.82, 2.24) is 9.55 Å². The average molecular weight is 162 g/mol. The Morgan fingerprint density at radius 1 is 1.55 bits per heavy atom. The Morgan fingerprint density at radius 3 is 2.55 bits per heavy atom. The predicted molar refractivity (Wildman–Crippen MR) is 30.6 cm³/mol. The minimum absolute atomic E-state index is 0.00231.